The van der Waals surface area contributed by atoms with Crippen molar-refractivity contribution in [2.75, 3.05) is 20.2 Å². The maximum atomic E-state index is 5.62. The Hall–Kier alpha value is -1.36. The molecule has 3 N–H and O–H groups in total. The van der Waals surface area contributed by atoms with Crippen molar-refractivity contribution < 1.29 is 4.74 Å². The molecule has 0 radical (unpaired) electrons. The normalized spacial score (nSPS) is 12.2. The molecular weight excluding hydrogens is 316 g/mol. The molecule has 0 saturated heterocycles. The fourth-order valence-corrected chi connectivity index (χ4v) is 2.72. The molecule has 0 aliphatic heterocycles. The molecule has 1 unspecified atom stereocenters. The molecule has 0 heterocycles. The lowest BCUT2D eigenvalue weighted by Crippen LogP contribution is -2.28. The van der Waals surface area contributed by atoms with E-state index in [-0.39, 0.29) is 6.04 Å². The molecule has 3 nitrogen and oxygen atoms in total. The SMILES string of the molecule is COc1ccc(C(NCCN)c2ccccc2)cc1Br. The fraction of sp³-hybridized carbons (Fsp3) is 0.250. The summed E-state index contributed by atoms with van der Waals surface area (Å²) in [6.45, 7) is 1.38. The highest BCUT2D eigenvalue weighted by atomic mass is 79.9. The van der Waals surface area contributed by atoms with E-state index in [1.807, 2.05) is 24.3 Å². The van der Waals surface area contributed by atoms with Crippen LogP contribution in [0.25, 0.3) is 0 Å². The first-order valence-corrected chi connectivity index (χ1v) is 7.37. The van der Waals surface area contributed by atoms with Crippen molar-refractivity contribution in [1.29, 1.82) is 0 Å². The maximum Gasteiger partial charge on any atom is 0.133 e. The lowest BCUT2D eigenvalue weighted by Gasteiger charge is -2.20. The average Bonchev–Trinajstić information content (AvgIpc) is 2.49. The minimum absolute atomic E-state index is 0.127. The predicted molar refractivity (Wildman–Crippen MR) is 86.0 cm³/mol. The monoisotopic (exact) mass is 334 g/mol. The second-order valence-corrected chi connectivity index (χ2v) is 5.33. The Balaban J connectivity index is 2.33. The first kappa shape index (κ1) is 15.0. The van der Waals surface area contributed by atoms with Gasteiger partial charge >= 0.3 is 0 Å². The van der Waals surface area contributed by atoms with Crippen molar-refractivity contribution in [1.82, 2.24) is 5.32 Å². The van der Waals surface area contributed by atoms with Gasteiger partial charge in [-0.1, -0.05) is 36.4 Å². The van der Waals surface area contributed by atoms with Gasteiger partial charge in [-0.25, -0.2) is 0 Å². The lowest BCUT2D eigenvalue weighted by atomic mass is 9.98. The molecule has 106 valence electrons. The topological polar surface area (TPSA) is 47.3 Å². The van der Waals surface area contributed by atoms with E-state index in [4.69, 9.17) is 10.5 Å². The average molecular weight is 335 g/mol. The van der Waals surface area contributed by atoms with Crippen LogP contribution in [0.15, 0.2) is 53.0 Å². The van der Waals surface area contributed by atoms with Gasteiger partial charge in [-0.15, -0.1) is 0 Å². The van der Waals surface area contributed by atoms with Crippen LogP contribution in [0.4, 0.5) is 0 Å². The summed E-state index contributed by atoms with van der Waals surface area (Å²) in [6.07, 6.45) is 0. The Kier molecular flexibility index (Phi) is 5.59. The molecule has 0 aliphatic rings. The van der Waals surface area contributed by atoms with Gasteiger partial charge in [0.2, 0.25) is 0 Å². The van der Waals surface area contributed by atoms with Gasteiger partial charge in [0.15, 0.2) is 0 Å². The predicted octanol–water partition coefficient (Wildman–Crippen LogP) is 3.10. The molecule has 0 saturated carbocycles. The molecule has 0 bridgehead atoms. The van der Waals surface area contributed by atoms with E-state index in [1.165, 1.54) is 11.1 Å². The molecule has 0 spiro atoms. The third-order valence-corrected chi connectivity index (χ3v) is 3.75. The Labute approximate surface area is 128 Å². The zero-order chi connectivity index (χ0) is 14.4. The van der Waals surface area contributed by atoms with Crippen molar-refractivity contribution in [3.63, 3.8) is 0 Å². The Bertz CT molecular complexity index is 545. The number of rotatable bonds is 6. The van der Waals surface area contributed by atoms with Crippen LogP contribution in [0.5, 0.6) is 5.75 Å². The number of hydrogen-bond acceptors (Lipinski definition) is 3. The number of benzene rings is 2. The first-order valence-electron chi connectivity index (χ1n) is 6.58. The molecule has 4 heteroatoms. The standard InChI is InChI=1S/C16H19BrN2O/c1-20-15-8-7-13(11-14(15)17)16(19-10-9-18)12-5-3-2-4-6-12/h2-8,11,16,19H,9-10,18H2,1H3. The Morgan fingerprint density at radius 3 is 2.50 bits per heavy atom. The summed E-state index contributed by atoms with van der Waals surface area (Å²) in [4.78, 5) is 0. The first-order chi connectivity index (χ1) is 9.76. The minimum Gasteiger partial charge on any atom is -0.496 e. The van der Waals surface area contributed by atoms with Gasteiger partial charge in [0.25, 0.3) is 0 Å². The molecule has 0 amide bonds. The highest BCUT2D eigenvalue weighted by molar-refractivity contribution is 9.10. The van der Waals surface area contributed by atoms with Crippen LogP contribution in [0, 0.1) is 0 Å². The molecule has 2 rings (SSSR count). The molecular formula is C16H19BrN2O. The highest BCUT2D eigenvalue weighted by Gasteiger charge is 2.14. The zero-order valence-corrected chi connectivity index (χ0v) is 13.1. The molecule has 0 fully saturated rings. The largest absolute Gasteiger partial charge is 0.496 e. The quantitative estimate of drug-likeness (QED) is 0.853. The van der Waals surface area contributed by atoms with E-state index in [9.17, 15) is 0 Å². The lowest BCUT2D eigenvalue weighted by molar-refractivity contribution is 0.411. The number of halogens is 1. The van der Waals surface area contributed by atoms with Crippen LogP contribution >= 0.6 is 15.9 Å². The summed E-state index contributed by atoms with van der Waals surface area (Å²) in [6, 6.07) is 16.6. The second kappa shape index (κ2) is 7.43. The van der Waals surface area contributed by atoms with Crippen LogP contribution in [-0.2, 0) is 0 Å². The number of ether oxygens (including phenoxy) is 1. The Morgan fingerprint density at radius 2 is 1.90 bits per heavy atom. The number of nitrogens with two attached hydrogens (primary N) is 1. The fourth-order valence-electron chi connectivity index (χ4n) is 2.16. The molecule has 20 heavy (non-hydrogen) atoms. The third-order valence-electron chi connectivity index (χ3n) is 3.13. The Morgan fingerprint density at radius 1 is 1.15 bits per heavy atom. The van der Waals surface area contributed by atoms with Gasteiger partial charge in [0, 0.05) is 13.1 Å². The summed E-state index contributed by atoms with van der Waals surface area (Å²) >= 11 is 3.54. The van der Waals surface area contributed by atoms with Crippen molar-refractivity contribution in [2.45, 2.75) is 6.04 Å². The summed E-state index contributed by atoms with van der Waals surface area (Å²) in [5, 5.41) is 3.48. The zero-order valence-electron chi connectivity index (χ0n) is 11.5. The van der Waals surface area contributed by atoms with Gasteiger partial charge in [-0.3, -0.25) is 0 Å². The minimum atomic E-state index is 0.127. The van der Waals surface area contributed by atoms with Crippen LogP contribution < -0.4 is 15.8 Å². The summed E-state index contributed by atoms with van der Waals surface area (Å²) in [7, 11) is 1.67. The van der Waals surface area contributed by atoms with Crippen molar-refractivity contribution in [2.24, 2.45) is 5.73 Å². The van der Waals surface area contributed by atoms with Crippen molar-refractivity contribution in [3.05, 3.63) is 64.1 Å². The molecule has 2 aromatic rings. The van der Waals surface area contributed by atoms with E-state index in [1.54, 1.807) is 7.11 Å². The van der Waals surface area contributed by atoms with Gasteiger partial charge in [0.1, 0.15) is 5.75 Å². The van der Waals surface area contributed by atoms with Gasteiger partial charge in [-0.2, -0.15) is 0 Å². The van der Waals surface area contributed by atoms with Gasteiger partial charge in [-0.05, 0) is 39.2 Å². The molecule has 2 aromatic carbocycles. The summed E-state index contributed by atoms with van der Waals surface area (Å²) in [5.74, 6) is 0.833. The molecule has 0 aliphatic carbocycles. The number of methoxy groups -OCH3 is 1. The van der Waals surface area contributed by atoms with Crippen LogP contribution in [0.2, 0.25) is 0 Å². The van der Waals surface area contributed by atoms with E-state index in [2.05, 4.69) is 45.5 Å². The third kappa shape index (κ3) is 3.60. The van der Waals surface area contributed by atoms with Gasteiger partial charge < -0.3 is 15.8 Å². The summed E-state index contributed by atoms with van der Waals surface area (Å²) < 4.78 is 6.23. The van der Waals surface area contributed by atoms with E-state index >= 15 is 0 Å². The molecule has 1 atom stereocenters. The maximum absolute atomic E-state index is 5.62. The number of hydrogen-bond donors (Lipinski definition) is 2. The smallest absolute Gasteiger partial charge is 0.133 e. The van der Waals surface area contributed by atoms with Crippen LogP contribution in [0.1, 0.15) is 17.2 Å². The second-order valence-electron chi connectivity index (χ2n) is 4.48. The summed E-state index contributed by atoms with van der Waals surface area (Å²) in [5.41, 5.74) is 8.02. The van der Waals surface area contributed by atoms with Crippen molar-refractivity contribution >= 4 is 15.9 Å². The van der Waals surface area contributed by atoms with Crippen LogP contribution in [-0.4, -0.2) is 20.2 Å². The van der Waals surface area contributed by atoms with Crippen molar-refractivity contribution in [3.8, 4) is 5.75 Å². The highest BCUT2D eigenvalue weighted by Crippen LogP contribution is 2.30. The van der Waals surface area contributed by atoms with E-state index in [0.29, 0.717) is 6.54 Å². The van der Waals surface area contributed by atoms with Crippen LogP contribution in [0.3, 0.4) is 0 Å². The van der Waals surface area contributed by atoms with E-state index in [0.717, 1.165) is 16.8 Å². The molecule has 0 aromatic heterocycles. The van der Waals surface area contributed by atoms with E-state index < -0.39 is 0 Å². The van der Waals surface area contributed by atoms with Gasteiger partial charge in [0.05, 0.1) is 17.6 Å². The number of nitrogens with one attached hydrogen (secondary N) is 1.